The van der Waals surface area contributed by atoms with Crippen molar-refractivity contribution in [2.24, 2.45) is 11.8 Å². The second-order valence-corrected chi connectivity index (χ2v) is 11.3. The number of hydrogen-bond donors (Lipinski definition) is 0. The van der Waals surface area contributed by atoms with Gasteiger partial charge in [-0.2, -0.15) is 0 Å². The van der Waals surface area contributed by atoms with Crippen molar-refractivity contribution in [2.45, 2.75) is 45.6 Å². The summed E-state index contributed by atoms with van der Waals surface area (Å²) in [4.78, 5) is 58.7. The molecule has 0 radical (unpaired) electrons. The molecule has 4 rings (SSSR count). The summed E-state index contributed by atoms with van der Waals surface area (Å²) in [6, 6.07) is 19.1. The van der Waals surface area contributed by atoms with E-state index in [9.17, 15) is 19.2 Å². The van der Waals surface area contributed by atoms with Gasteiger partial charge in [0.15, 0.2) is 5.92 Å². The van der Waals surface area contributed by atoms with Crippen LogP contribution in [-0.2, 0) is 53.0 Å². The third-order valence-electron chi connectivity index (χ3n) is 7.61. The molecule has 0 N–H and O–H groups in total. The highest BCUT2D eigenvalue weighted by Crippen LogP contribution is 2.36. The van der Waals surface area contributed by atoms with E-state index in [4.69, 9.17) is 33.3 Å². The normalized spacial score (nSPS) is 14.8. The molecule has 1 aliphatic heterocycles. The van der Waals surface area contributed by atoms with Crippen LogP contribution in [0, 0.1) is 11.8 Å². The Labute approximate surface area is 273 Å². The Hall–Kier alpha value is -5.10. The highest BCUT2D eigenvalue weighted by atomic mass is 16.7. The monoisotopic (exact) mass is 649 g/mol. The summed E-state index contributed by atoms with van der Waals surface area (Å²) in [6.45, 7) is 2.86. The van der Waals surface area contributed by atoms with Gasteiger partial charge in [-0.05, 0) is 35.6 Å². The van der Waals surface area contributed by atoms with Crippen LogP contribution >= 0.6 is 0 Å². The number of ether oxygens (including phenoxy) is 6. The topological polar surface area (TPSA) is 136 Å². The molecule has 1 fully saturated rings. The van der Waals surface area contributed by atoms with Crippen LogP contribution < -0.4 is 14.2 Å². The molecule has 1 amide bonds. The zero-order valence-corrected chi connectivity index (χ0v) is 27.3. The number of cyclic esters (lactones) is 2. The van der Waals surface area contributed by atoms with E-state index in [1.807, 2.05) is 30.3 Å². The standard InChI is InChI=1S/C35H39NO11/c1-35(2)46-33(39)31(34(40)47-35)25(16-22-12-14-24(15-13-22)32(38)44-6)17-30(37)36(45-21-23-10-8-7-9-11-23)20-27-28(42-4)18-26(41-3)19-29(27)43-5/h7-15,18-19,25,31H,16-17,20-21H2,1-6H3. The fourth-order valence-electron chi connectivity index (χ4n) is 5.25. The fourth-order valence-corrected chi connectivity index (χ4v) is 5.25. The van der Waals surface area contributed by atoms with Crippen molar-refractivity contribution < 1.29 is 52.4 Å². The molecular formula is C35H39NO11. The van der Waals surface area contributed by atoms with Crippen LogP contribution in [0.2, 0.25) is 0 Å². The molecule has 1 saturated heterocycles. The largest absolute Gasteiger partial charge is 0.496 e. The average molecular weight is 650 g/mol. The lowest BCUT2D eigenvalue weighted by Crippen LogP contribution is -2.50. The van der Waals surface area contributed by atoms with Gasteiger partial charge in [0.2, 0.25) is 5.91 Å². The third kappa shape index (κ3) is 8.79. The van der Waals surface area contributed by atoms with Crippen molar-refractivity contribution in [3.63, 3.8) is 0 Å². The first-order chi connectivity index (χ1) is 22.5. The molecule has 0 aliphatic carbocycles. The molecule has 3 aromatic rings. The van der Waals surface area contributed by atoms with Gasteiger partial charge in [0.05, 0.1) is 46.1 Å². The number of benzene rings is 3. The first-order valence-electron chi connectivity index (χ1n) is 14.9. The van der Waals surface area contributed by atoms with Gasteiger partial charge < -0.3 is 28.4 Å². The van der Waals surface area contributed by atoms with Crippen molar-refractivity contribution >= 4 is 23.8 Å². The molecule has 12 heteroatoms. The predicted molar refractivity (Wildman–Crippen MR) is 167 cm³/mol. The van der Waals surface area contributed by atoms with Crippen LogP contribution in [0.5, 0.6) is 17.2 Å². The predicted octanol–water partition coefficient (Wildman–Crippen LogP) is 4.66. The quantitative estimate of drug-likeness (QED) is 0.137. The van der Waals surface area contributed by atoms with Crippen LogP contribution in [0.15, 0.2) is 66.7 Å². The fraction of sp³-hybridized carbons (Fsp3) is 0.371. The number of carbonyl (C=O) groups excluding carboxylic acids is 4. The van der Waals surface area contributed by atoms with Crippen LogP contribution in [0.3, 0.4) is 0 Å². The Kier molecular flexibility index (Phi) is 11.4. The molecule has 0 bridgehead atoms. The van der Waals surface area contributed by atoms with Crippen LogP contribution in [0.4, 0.5) is 0 Å². The van der Waals surface area contributed by atoms with Gasteiger partial charge in [-0.1, -0.05) is 42.5 Å². The Morgan fingerprint density at radius 2 is 1.43 bits per heavy atom. The first-order valence-corrected chi connectivity index (χ1v) is 14.9. The highest BCUT2D eigenvalue weighted by molar-refractivity contribution is 5.97. The number of hydroxylamine groups is 2. The van der Waals surface area contributed by atoms with Gasteiger partial charge in [0, 0.05) is 32.4 Å². The Balaban J connectivity index is 1.69. The van der Waals surface area contributed by atoms with Crippen LogP contribution in [0.1, 0.15) is 47.3 Å². The lowest BCUT2D eigenvalue weighted by atomic mass is 9.83. The number of carbonyl (C=O) groups is 4. The van der Waals surface area contributed by atoms with Gasteiger partial charge in [-0.15, -0.1) is 0 Å². The first kappa shape index (κ1) is 34.8. The van der Waals surface area contributed by atoms with Gasteiger partial charge in [0.25, 0.3) is 5.79 Å². The minimum Gasteiger partial charge on any atom is -0.496 e. The maximum Gasteiger partial charge on any atom is 0.337 e. The zero-order valence-electron chi connectivity index (χ0n) is 27.3. The Morgan fingerprint density at radius 3 is 1.96 bits per heavy atom. The number of amides is 1. The second-order valence-electron chi connectivity index (χ2n) is 11.3. The number of rotatable bonds is 14. The van der Waals surface area contributed by atoms with Gasteiger partial charge in [0.1, 0.15) is 23.9 Å². The summed E-state index contributed by atoms with van der Waals surface area (Å²) in [7, 11) is 5.76. The molecule has 1 unspecified atom stereocenters. The lowest BCUT2D eigenvalue weighted by molar-refractivity contribution is -0.243. The summed E-state index contributed by atoms with van der Waals surface area (Å²) < 4.78 is 32.2. The Bertz CT molecular complexity index is 1530. The smallest absolute Gasteiger partial charge is 0.337 e. The minimum atomic E-state index is -1.45. The van der Waals surface area contributed by atoms with Crippen molar-refractivity contribution in [2.75, 3.05) is 28.4 Å². The lowest BCUT2D eigenvalue weighted by Gasteiger charge is -2.36. The van der Waals surface area contributed by atoms with E-state index in [0.717, 1.165) is 10.6 Å². The SMILES string of the molecule is COC(=O)c1ccc(CC(CC(=O)N(Cc2c(OC)cc(OC)cc2OC)OCc2ccccc2)C2C(=O)OC(C)(C)OC2=O)cc1. The molecule has 1 atom stereocenters. The van der Waals surface area contributed by atoms with Crippen molar-refractivity contribution in [1.82, 2.24) is 5.06 Å². The van der Waals surface area contributed by atoms with Gasteiger partial charge in [-0.25, -0.2) is 9.86 Å². The van der Waals surface area contributed by atoms with E-state index in [1.54, 1.807) is 36.4 Å². The summed E-state index contributed by atoms with van der Waals surface area (Å²) in [5.41, 5.74) is 2.30. The molecule has 0 saturated carbocycles. The van der Waals surface area contributed by atoms with E-state index in [1.165, 1.54) is 42.3 Å². The molecule has 250 valence electrons. The van der Waals surface area contributed by atoms with E-state index in [2.05, 4.69) is 0 Å². The van der Waals surface area contributed by atoms with Crippen molar-refractivity contribution in [3.05, 3.63) is 89.0 Å². The van der Waals surface area contributed by atoms with Gasteiger partial charge in [-0.3, -0.25) is 19.2 Å². The van der Waals surface area contributed by atoms with E-state index in [-0.39, 0.29) is 26.0 Å². The van der Waals surface area contributed by atoms with Crippen molar-refractivity contribution in [1.29, 1.82) is 0 Å². The van der Waals surface area contributed by atoms with Gasteiger partial charge >= 0.3 is 17.9 Å². The summed E-state index contributed by atoms with van der Waals surface area (Å²) in [5, 5.41) is 1.16. The van der Waals surface area contributed by atoms with Crippen LogP contribution in [0.25, 0.3) is 0 Å². The minimum absolute atomic E-state index is 0.0503. The molecule has 0 aromatic heterocycles. The molecule has 1 aliphatic rings. The second kappa shape index (κ2) is 15.5. The maximum atomic E-state index is 14.2. The molecule has 12 nitrogen and oxygen atoms in total. The molecular weight excluding hydrogens is 610 g/mol. The third-order valence-corrected chi connectivity index (χ3v) is 7.61. The maximum absolute atomic E-state index is 14.2. The molecule has 3 aromatic carbocycles. The molecule has 0 spiro atoms. The van der Waals surface area contributed by atoms with E-state index in [0.29, 0.717) is 33.9 Å². The molecule has 47 heavy (non-hydrogen) atoms. The average Bonchev–Trinajstić information content (AvgIpc) is 3.05. The summed E-state index contributed by atoms with van der Waals surface area (Å²) in [5.74, 6) is -5.11. The zero-order chi connectivity index (χ0) is 34.1. The molecule has 1 heterocycles. The number of hydrogen-bond acceptors (Lipinski definition) is 11. The van der Waals surface area contributed by atoms with Crippen LogP contribution in [-0.4, -0.2) is 63.1 Å². The number of esters is 3. The highest BCUT2D eigenvalue weighted by Gasteiger charge is 2.48. The summed E-state index contributed by atoms with van der Waals surface area (Å²) in [6.07, 6.45) is -0.201. The van der Waals surface area contributed by atoms with Crippen molar-refractivity contribution in [3.8, 4) is 17.2 Å². The Morgan fingerprint density at radius 1 is 0.830 bits per heavy atom. The van der Waals surface area contributed by atoms with E-state index >= 15 is 0 Å². The van der Waals surface area contributed by atoms with E-state index < -0.39 is 41.4 Å². The summed E-state index contributed by atoms with van der Waals surface area (Å²) >= 11 is 0. The number of methoxy groups -OCH3 is 4. The number of nitrogens with zero attached hydrogens (tertiary/aromatic N) is 1.